The van der Waals surface area contributed by atoms with Gasteiger partial charge in [-0.3, -0.25) is 14.2 Å². The van der Waals surface area contributed by atoms with Crippen LogP contribution in [-0.2, 0) is 24.3 Å². The van der Waals surface area contributed by atoms with Crippen LogP contribution in [0.25, 0.3) is 10.9 Å². The van der Waals surface area contributed by atoms with E-state index in [2.05, 4.69) is 29.7 Å². The largest absolute Gasteiger partial charge is 0.497 e. The number of rotatable bonds is 8. The van der Waals surface area contributed by atoms with Crippen LogP contribution in [0.1, 0.15) is 18.1 Å². The summed E-state index contributed by atoms with van der Waals surface area (Å²) in [5.41, 5.74) is 3.75. The number of anilines is 2. The minimum absolute atomic E-state index is 0.135. The van der Waals surface area contributed by atoms with Crippen LogP contribution in [0.3, 0.4) is 0 Å². The van der Waals surface area contributed by atoms with Gasteiger partial charge in [0.05, 0.1) is 12.6 Å². The fraction of sp³-hybridized carbons (Fsp3) is 0.185. The quantitative estimate of drug-likeness (QED) is 0.354. The van der Waals surface area contributed by atoms with Crippen LogP contribution in [0.4, 0.5) is 11.4 Å². The van der Waals surface area contributed by atoms with E-state index in [-0.39, 0.29) is 18.0 Å². The van der Waals surface area contributed by atoms with Gasteiger partial charge in [-0.05, 0) is 72.0 Å². The maximum atomic E-state index is 13.4. The molecule has 0 saturated carbocycles. The molecular weight excluding hydrogens is 450 g/mol. The van der Waals surface area contributed by atoms with Crippen molar-refractivity contribution in [2.24, 2.45) is 0 Å². The highest BCUT2D eigenvalue weighted by Gasteiger charge is 2.14. The van der Waals surface area contributed by atoms with E-state index in [4.69, 9.17) is 16.3 Å². The van der Waals surface area contributed by atoms with Crippen LogP contribution >= 0.6 is 11.6 Å². The number of carbonyl (C=O) groups is 1. The van der Waals surface area contributed by atoms with E-state index in [9.17, 15) is 9.59 Å². The summed E-state index contributed by atoms with van der Waals surface area (Å²) in [7, 11) is 1.57. The summed E-state index contributed by atoms with van der Waals surface area (Å²) in [4.78, 5) is 26.2. The summed E-state index contributed by atoms with van der Waals surface area (Å²) in [6.07, 6.45) is 0.969. The van der Waals surface area contributed by atoms with Crippen molar-refractivity contribution in [3.8, 4) is 5.75 Å². The lowest BCUT2D eigenvalue weighted by Crippen LogP contribution is -2.30. The van der Waals surface area contributed by atoms with E-state index in [1.54, 1.807) is 37.4 Å². The number of hydrogen-bond donors (Lipinski definition) is 2. The van der Waals surface area contributed by atoms with E-state index < -0.39 is 0 Å². The molecule has 1 aromatic heterocycles. The fourth-order valence-corrected chi connectivity index (χ4v) is 3.88. The van der Waals surface area contributed by atoms with Gasteiger partial charge in [-0.15, -0.1) is 0 Å². The minimum Gasteiger partial charge on any atom is -0.497 e. The van der Waals surface area contributed by atoms with Gasteiger partial charge in [0.2, 0.25) is 5.91 Å². The minimum atomic E-state index is -0.311. The molecule has 0 aliphatic rings. The van der Waals surface area contributed by atoms with Crippen LogP contribution in [-0.4, -0.2) is 17.6 Å². The van der Waals surface area contributed by atoms with E-state index in [0.29, 0.717) is 34.1 Å². The van der Waals surface area contributed by atoms with Crippen molar-refractivity contribution < 1.29 is 9.53 Å². The fourth-order valence-electron chi connectivity index (χ4n) is 3.76. The van der Waals surface area contributed by atoms with Gasteiger partial charge >= 0.3 is 0 Å². The van der Waals surface area contributed by atoms with Crippen molar-refractivity contribution in [3.05, 3.63) is 99.3 Å². The first kappa shape index (κ1) is 23.4. The second-order valence-electron chi connectivity index (χ2n) is 7.94. The molecule has 1 amide bonds. The molecule has 174 valence electrons. The van der Waals surface area contributed by atoms with Gasteiger partial charge in [0, 0.05) is 34.6 Å². The molecule has 1 heterocycles. The first-order valence-corrected chi connectivity index (χ1v) is 11.4. The molecule has 2 N–H and O–H groups in total. The van der Waals surface area contributed by atoms with Gasteiger partial charge in [-0.25, -0.2) is 0 Å². The maximum Gasteiger partial charge on any atom is 0.256 e. The molecule has 0 spiro atoms. The molecular formula is C27H26ClN3O3. The third kappa shape index (κ3) is 5.41. The van der Waals surface area contributed by atoms with E-state index in [1.807, 2.05) is 30.3 Å². The van der Waals surface area contributed by atoms with Crippen molar-refractivity contribution in [3.63, 3.8) is 0 Å². The Bertz CT molecular complexity index is 1360. The third-order valence-corrected chi connectivity index (χ3v) is 5.90. The highest BCUT2D eigenvalue weighted by atomic mass is 35.5. The second kappa shape index (κ2) is 10.4. The third-order valence-electron chi connectivity index (χ3n) is 5.65. The Morgan fingerprint density at radius 2 is 1.68 bits per heavy atom. The number of aromatic nitrogens is 1. The molecule has 0 saturated heterocycles. The van der Waals surface area contributed by atoms with E-state index in [1.165, 1.54) is 10.1 Å². The predicted molar refractivity (Wildman–Crippen MR) is 138 cm³/mol. The Morgan fingerprint density at radius 3 is 2.35 bits per heavy atom. The molecule has 34 heavy (non-hydrogen) atoms. The van der Waals surface area contributed by atoms with Crippen molar-refractivity contribution in [2.75, 3.05) is 17.7 Å². The van der Waals surface area contributed by atoms with Crippen molar-refractivity contribution >= 4 is 39.8 Å². The molecule has 4 rings (SSSR count). The number of pyridine rings is 1. The smallest absolute Gasteiger partial charge is 0.256 e. The molecule has 0 bridgehead atoms. The summed E-state index contributed by atoms with van der Waals surface area (Å²) in [6, 6.07) is 22.3. The van der Waals surface area contributed by atoms with Crippen LogP contribution in [0.15, 0.2) is 77.6 Å². The second-order valence-corrected chi connectivity index (χ2v) is 8.38. The molecule has 0 atom stereocenters. The topological polar surface area (TPSA) is 72.4 Å². The highest BCUT2D eigenvalue weighted by Crippen LogP contribution is 2.22. The standard InChI is InChI=1S/C27H26ClN3O3/c1-3-18-4-9-22(10-5-18)29-16-20-14-19-6-13-24(34-2)15-25(19)31(27(20)33)17-26(32)30-23-11-7-21(28)8-12-23/h4-15,29H,3,16-17H2,1-2H3,(H,30,32). The molecule has 4 aromatic rings. The number of nitrogens with zero attached hydrogens (tertiary/aromatic N) is 1. The number of amides is 1. The Hall–Kier alpha value is -3.77. The average Bonchev–Trinajstić information content (AvgIpc) is 2.86. The normalized spacial score (nSPS) is 10.8. The Balaban J connectivity index is 1.64. The number of benzene rings is 3. The zero-order valence-electron chi connectivity index (χ0n) is 19.1. The van der Waals surface area contributed by atoms with Gasteiger partial charge in [0.25, 0.3) is 5.56 Å². The van der Waals surface area contributed by atoms with Crippen LogP contribution in [0, 0.1) is 0 Å². The summed E-state index contributed by atoms with van der Waals surface area (Å²) >= 11 is 5.92. The molecule has 0 aliphatic heterocycles. The van der Waals surface area contributed by atoms with Gasteiger partial charge in [0.15, 0.2) is 0 Å². The molecule has 3 aromatic carbocycles. The SMILES string of the molecule is CCc1ccc(NCc2cc3ccc(OC)cc3n(CC(=O)Nc3ccc(Cl)cc3)c2=O)cc1. The van der Waals surface area contributed by atoms with Crippen molar-refractivity contribution in [1.29, 1.82) is 0 Å². The summed E-state index contributed by atoms with van der Waals surface area (Å²) in [5.74, 6) is 0.300. The first-order valence-electron chi connectivity index (χ1n) is 11.1. The lowest BCUT2D eigenvalue weighted by molar-refractivity contribution is -0.116. The van der Waals surface area contributed by atoms with Gasteiger partial charge in [-0.1, -0.05) is 30.7 Å². The van der Waals surface area contributed by atoms with E-state index in [0.717, 1.165) is 17.5 Å². The lowest BCUT2D eigenvalue weighted by Gasteiger charge is -2.15. The number of hydrogen-bond acceptors (Lipinski definition) is 4. The van der Waals surface area contributed by atoms with Gasteiger partial charge in [0.1, 0.15) is 12.3 Å². The number of aryl methyl sites for hydroxylation is 1. The van der Waals surface area contributed by atoms with Crippen LogP contribution in [0.2, 0.25) is 5.02 Å². The average molecular weight is 476 g/mol. The molecule has 6 nitrogen and oxygen atoms in total. The summed E-state index contributed by atoms with van der Waals surface area (Å²) < 4.78 is 6.83. The Labute approximate surface area is 203 Å². The number of halogens is 1. The zero-order valence-corrected chi connectivity index (χ0v) is 19.9. The van der Waals surface area contributed by atoms with Crippen LogP contribution < -0.4 is 20.9 Å². The monoisotopic (exact) mass is 475 g/mol. The predicted octanol–water partition coefficient (Wildman–Crippen LogP) is 5.48. The molecule has 0 fully saturated rings. The summed E-state index contributed by atoms with van der Waals surface area (Å²) in [6.45, 7) is 2.31. The number of carbonyl (C=O) groups excluding carboxylic acids is 1. The maximum absolute atomic E-state index is 13.4. The first-order chi connectivity index (χ1) is 16.5. The summed E-state index contributed by atoms with van der Waals surface area (Å²) in [5, 5.41) is 7.56. The van der Waals surface area contributed by atoms with Gasteiger partial charge in [-0.2, -0.15) is 0 Å². The van der Waals surface area contributed by atoms with Crippen molar-refractivity contribution in [1.82, 2.24) is 4.57 Å². The number of nitrogens with one attached hydrogen (secondary N) is 2. The van der Waals surface area contributed by atoms with Gasteiger partial charge < -0.3 is 15.4 Å². The zero-order chi connectivity index (χ0) is 24.1. The Kier molecular flexibility index (Phi) is 7.18. The number of methoxy groups -OCH3 is 1. The Morgan fingerprint density at radius 1 is 0.971 bits per heavy atom. The molecule has 0 unspecified atom stereocenters. The van der Waals surface area contributed by atoms with E-state index >= 15 is 0 Å². The number of fused-ring (bicyclic) bond motifs is 1. The van der Waals surface area contributed by atoms with Crippen LogP contribution in [0.5, 0.6) is 5.75 Å². The molecule has 0 aliphatic carbocycles. The lowest BCUT2D eigenvalue weighted by atomic mass is 10.1. The van der Waals surface area contributed by atoms with Crippen molar-refractivity contribution in [2.45, 2.75) is 26.4 Å². The highest BCUT2D eigenvalue weighted by molar-refractivity contribution is 6.30. The number of ether oxygens (including phenoxy) is 1. The molecule has 0 radical (unpaired) electrons. The molecule has 7 heteroatoms.